The molecule has 16 nitrogen and oxygen atoms in total. The van der Waals surface area contributed by atoms with E-state index >= 15 is 0 Å². The van der Waals surface area contributed by atoms with Crippen LogP contribution in [0.4, 0.5) is 0 Å². The summed E-state index contributed by atoms with van der Waals surface area (Å²) in [6.45, 7) is 4.66. The number of halogens is 1. The summed E-state index contributed by atoms with van der Waals surface area (Å²) in [6.07, 6.45) is -6.61. The van der Waals surface area contributed by atoms with Crippen molar-refractivity contribution in [1.82, 2.24) is 5.32 Å². The molecule has 1 amide bonds. The fraction of sp³-hybridized carbons (Fsp3) is 0.471. The van der Waals surface area contributed by atoms with E-state index in [0.29, 0.717) is 0 Å². The van der Waals surface area contributed by atoms with Crippen LogP contribution in [0.25, 0.3) is 0 Å². The molecule has 284 valence electrons. The summed E-state index contributed by atoms with van der Waals surface area (Å²) < 4.78 is 51.9. The van der Waals surface area contributed by atoms with Crippen LogP contribution in [0.5, 0.6) is 0 Å². The lowest BCUT2D eigenvalue weighted by Gasteiger charge is -2.51. The first-order valence-corrected chi connectivity index (χ1v) is 17.8. The van der Waals surface area contributed by atoms with Crippen LogP contribution >= 0.6 is 24.5 Å². The largest absolute Gasteiger partial charge is 0.465 e. The van der Waals surface area contributed by atoms with E-state index in [1.165, 1.54) is 0 Å². The van der Waals surface area contributed by atoms with E-state index < -0.39 is 92.0 Å². The van der Waals surface area contributed by atoms with Crippen LogP contribution in [-0.2, 0) is 84.0 Å². The predicted octanol–water partition coefficient (Wildman–Crippen LogP) is 3.56. The summed E-state index contributed by atoms with van der Waals surface area (Å²) in [5.74, 6) is -7.93. The number of amides is 1. The molecule has 2 aromatic rings. The standard InChI is InChI=1S/C34H41BrNO15P/c1-20(37)36-28-30(29(48-23(4)40)27(47-22(3)39)19-44-21(2)38)50-34(33(42)43-6,32(35)31(28)49-24(5)41)51-52(45-17-25-13-9-7-10-14-25)46-18-26-15-11-8-12-16-26/h7-16,27-32H,17-19H2,1-6H3,(H,36,37)/t27-,28+,29-,30-,31-,32-,34-/m1/s1. The molecule has 1 saturated heterocycles. The first kappa shape index (κ1) is 42.4. The molecule has 0 radical (unpaired) electrons. The maximum atomic E-state index is 14.0. The van der Waals surface area contributed by atoms with Crippen LogP contribution in [0.15, 0.2) is 60.7 Å². The zero-order chi connectivity index (χ0) is 38.4. The van der Waals surface area contributed by atoms with Gasteiger partial charge in [0.05, 0.1) is 26.4 Å². The maximum absolute atomic E-state index is 14.0. The Morgan fingerprint density at radius 1 is 0.808 bits per heavy atom. The first-order valence-electron chi connectivity index (χ1n) is 15.8. The number of rotatable bonds is 17. The number of esters is 5. The van der Waals surface area contributed by atoms with E-state index in [-0.39, 0.29) is 13.2 Å². The molecule has 52 heavy (non-hydrogen) atoms. The van der Waals surface area contributed by atoms with Gasteiger partial charge in [0.15, 0.2) is 12.2 Å². The number of nitrogens with one attached hydrogen (secondary N) is 1. The van der Waals surface area contributed by atoms with Crippen LogP contribution in [0.2, 0.25) is 0 Å². The van der Waals surface area contributed by atoms with Gasteiger partial charge in [-0.2, -0.15) is 0 Å². The predicted molar refractivity (Wildman–Crippen MR) is 184 cm³/mol. The molecule has 0 bridgehead atoms. The van der Waals surface area contributed by atoms with Gasteiger partial charge in [-0.05, 0) is 11.1 Å². The monoisotopic (exact) mass is 813 g/mol. The minimum Gasteiger partial charge on any atom is -0.465 e. The molecular formula is C34H41BrNO15P. The number of benzene rings is 2. The molecule has 0 unspecified atom stereocenters. The van der Waals surface area contributed by atoms with Gasteiger partial charge in [-0.15, -0.1) is 0 Å². The molecule has 1 aliphatic heterocycles. The third-order valence-electron chi connectivity index (χ3n) is 7.14. The summed E-state index contributed by atoms with van der Waals surface area (Å²) in [5, 5.41) is 2.61. The average molecular weight is 815 g/mol. The highest BCUT2D eigenvalue weighted by atomic mass is 79.9. The summed E-state index contributed by atoms with van der Waals surface area (Å²) >= 11 is 3.41. The first-order chi connectivity index (χ1) is 24.7. The second-order valence-corrected chi connectivity index (χ2v) is 13.4. The molecule has 0 aliphatic carbocycles. The number of alkyl halides is 1. The number of hydrogen-bond donors (Lipinski definition) is 1. The van der Waals surface area contributed by atoms with Crippen LogP contribution in [0, 0.1) is 0 Å². The Morgan fingerprint density at radius 3 is 1.79 bits per heavy atom. The SMILES string of the molecule is COC(=O)[C@@]1(OP(OCc2ccccc2)OCc2ccccc2)O[C@@H]([C@H](OC(C)=O)[C@@H](COC(C)=O)OC(C)=O)[C@H](NC(C)=O)[C@@H](OC(C)=O)[C@H]1Br. The smallest absolute Gasteiger partial charge is 0.368 e. The molecule has 0 spiro atoms. The second-order valence-electron chi connectivity index (χ2n) is 11.3. The number of ether oxygens (including phenoxy) is 6. The van der Waals surface area contributed by atoms with Crippen molar-refractivity contribution in [3.8, 4) is 0 Å². The Bertz CT molecular complexity index is 1490. The minimum atomic E-state index is -2.64. The zero-order valence-electron chi connectivity index (χ0n) is 29.3. The second kappa shape index (κ2) is 20.3. The van der Waals surface area contributed by atoms with Crippen molar-refractivity contribution in [1.29, 1.82) is 0 Å². The molecule has 0 aromatic heterocycles. The number of hydrogen-bond acceptors (Lipinski definition) is 15. The third-order valence-corrected chi connectivity index (χ3v) is 9.37. The van der Waals surface area contributed by atoms with Crippen molar-refractivity contribution in [3.05, 3.63) is 71.8 Å². The van der Waals surface area contributed by atoms with Crippen LogP contribution in [-0.4, -0.2) is 90.5 Å². The lowest BCUT2D eigenvalue weighted by molar-refractivity contribution is -0.287. The van der Waals surface area contributed by atoms with Gasteiger partial charge in [-0.3, -0.25) is 28.5 Å². The third kappa shape index (κ3) is 12.3. The highest BCUT2D eigenvalue weighted by molar-refractivity contribution is 9.09. The van der Waals surface area contributed by atoms with Gasteiger partial charge >= 0.3 is 38.4 Å². The Kier molecular flexibility index (Phi) is 16.6. The Labute approximate surface area is 310 Å². The number of carbonyl (C=O) groups is 6. The van der Waals surface area contributed by atoms with Gasteiger partial charge in [0.1, 0.15) is 23.6 Å². The van der Waals surface area contributed by atoms with E-state index in [4.69, 9.17) is 42.0 Å². The molecule has 2 aromatic carbocycles. The molecule has 0 saturated carbocycles. The molecule has 1 aliphatic rings. The van der Waals surface area contributed by atoms with Gasteiger partial charge in [0.2, 0.25) is 5.91 Å². The summed E-state index contributed by atoms with van der Waals surface area (Å²) in [5.41, 5.74) is 1.44. The van der Waals surface area contributed by atoms with Gasteiger partial charge in [-0.25, -0.2) is 4.79 Å². The molecule has 7 atom stereocenters. The normalized spacial score (nSPS) is 22.3. The van der Waals surface area contributed by atoms with Gasteiger partial charge in [0, 0.05) is 34.6 Å². The molecular weight excluding hydrogens is 773 g/mol. The van der Waals surface area contributed by atoms with Crippen molar-refractivity contribution in [2.24, 2.45) is 0 Å². The van der Waals surface area contributed by atoms with Crippen molar-refractivity contribution in [2.45, 2.75) is 88.9 Å². The van der Waals surface area contributed by atoms with Crippen LogP contribution in [0.1, 0.15) is 45.7 Å². The molecule has 1 N–H and O–H groups in total. The maximum Gasteiger partial charge on any atom is 0.368 e. The topological polar surface area (TPSA) is 198 Å². The number of carbonyl (C=O) groups excluding carboxylic acids is 6. The minimum absolute atomic E-state index is 0.0517. The van der Waals surface area contributed by atoms with E-state index in [0.717, 1.165) is 52.9 Å². The highest BCUT2D eigenvalue weighted by Gasteiger charge is 2.65. The summed E-state index contributed by atoms with van der Waals surface area (Å²) in [6, 6.07) is 16.5. The molecule has 1 heterocycles. The van der Waals surface area contributed by atoms with E-state index in [9.17, 15) is 28.8 Å². The average Bonchev–Trinajstić information content (AvgIpc) is 3.09. The van der Waals surface area contributed by atoms with Crippen LogP contribution in [0.3, 0.4) is 0 Å². The van der Waals surface area contributed by atoms with E-state index in [2.05, 4.69) is 21.2 Å². The summed E-state index contributed by atoms with van der Waals surface area (Å²) in [4.78, 5) is 74.4. The zero-order valence-corrected chi connectivity index (χ0v) is 31.8. The van der Waals surface area contributed by atoms with Gasteiger partial charge in [-0.1, -0.05) is 76.6 Å². The summed E-state index contributed by atoms with van der Waals surface area (Å²) in [7, 11) is -1.52. The Balaban J connectivity index is 2.22. The number of methoxy groups -OCH3 is 1. The van der Waals surface area contributed by atoms with Crippen molar-refractivity contribution >= 4 is 60.3 Å². The van der Waals surface area contributed by atoms with Gasteiger partial charge < -0.3 is 42.8 Å². The Hall–Kier alpha value is -3.99. The van der Waals surface area contributed by atoms with Crippen molar-refractivity contribution in [2.75, 3.05) is 13.7 Å². The van der Waals surface area contributed by atoms with E-state index in [1.807, 2.05) is 12.1 Å². The van der Waals surface area contributed by atoms with Crippen molar-refractivity contribution < 1.29 is 70.8 Å². The van der Waals surface area contributed by atoms with Gasteiger partial charge in [0.25, 0.3) is 5.79 Å². The molecule has 1 fully saturated rings. The lowest BCUT2D eigenvalue weighted by Crippen LogP contribution is -2.73. The fourth-order valence-corrected chi connectivity index (χ4v) is 7.20. The highest BCUT2D eigenvalue weighted by Crippen LogP contribution is 2.52. The van der Waals surface area contributed by atoms with E-state index in [1.54, 1.807) is 48.5 Å². The van der Waals surface area contributed by atoms with Crippen molar-refractivity contribution in [3.63, 3.8) is 0 Å². The quantitative estimate of drug-likeness (QED) is 0.105. The molecule has 3 rings (SSSR count). The van der Waals surface area contributed by atoms with Crippen LogP contribution < -0.4 is 5.32 Å². The lowest BCUT2D eigenvalue weighted by atomic mass is 9.88. The fourth-order valence-electron chi connectivity index (χ4n) is 5.09. The molecule has 18 heteroatoms. The Morgan fingerprint density at radius 2 is 1.35 bits per heavy atom.